The Morgan fingerprint density at radius 3 is 2.53 bits per heavy atom. The Morgan fingerprint density at radius 2 is 1.94 bits per heavy atom. The third-order valence-corrected chi connectivity index (χ3v) is 2.96. The van der Waals surface area contributed by atoms with Gasteiger partial charge in [0.2, 0.25) is 0 Å². The molecule has 92 valence electrons. The molecule has 0 aliphatic heterocycles. The highest BCUT2D eigenvalue weighted by atomic mass is 32.1. The fraction of sp³-hybridized carbons (Fsp3) is 0.500. The molecule has 0 amide bonds. The summed E-state index contributed by atoms with van der Waals surface area (Å²) in [4.78, 5) is 28.7. The fourth-order valence-corrected chi connectivity index (χ4v) is 2.01. The van der Waals surface area contributed by atoms with E-state index >= 15 is 0 Å². The molecule has 0 radical (unpaired) electrons. The van der Waals surface area contributed by atoms with Gasteiger partial charge in [0.25, 0.3) is 5.56 Å². The number of H-pyrrole nitrogens is 2. The van der Waals surface area contributed by atoms with Crippen LogP contribution in [0.2, 0.25) is 0 Å². The van der Waals surface area contributed by atoms with Gasteiger partial charge in [0.05, 0.1) is 0 Å². The van der Waals surface area contributed by atoms with E-state index in [1.54, 1.807) is 11.6 Å². The summed E-state index contributed by atoms with van der Waals surface area (Å²) in [5, 5.41) is 0. The predicted molar refractivity (Wildman–Crippen MR) is 67.8 cm³/mol. The van der Waals surface area contributed by atoms with E-state index in [1.807, 2.05) is 13.8 Å². The maximum Gasteiger partial charge on any atom is 0.330 e. The van der Waals surface area contributed by atoms with Gasteiger partial charge in [-0.1, -0.05) is 13.8 Å². The van der Waals surface area contributed by atoms with E-state index in [2.05, 4.69) is 9.97 Å². The van der Waals surface area contributed by atoms with Crippen LogP contribution in [0.5, 0.6) is 0 Å². The summed E-state index contributed by atoms with van der Waals surface area (Å²) >= 11 is 5.07. The molecule has 2 aromatic rings. The van der Waals surface area contributed by atoms with Gasteiger partial charge in [0.15, 0.2) is 10.3 Å². The minimum absolute atomic E-state index is 0.295. The predicted octanol–water partition coefficient (Wildman–Crippen LogP) is 0.742. The molecule has 2 heterocycles. The zero-order chi connectivity index (χ0) is 12.7. The van der Waals surface area contributed by atoms with Crippen LogP contribution < -0.4 is 11.2 Å². The molecule has 0 saturated carbocycles. The molecule has 6 nitrogen and oxygen atoms in total. The Morgan fingerprint density at radius 1 is 1.29 bits per heavy atom. The molecule has 0 bridgehead atoms. The molecule has 17 heavy (non-hydrogen) atoms. The van der Waals surface area contributed by atoms with Crippen LogP contribution in [0.1, 0.15) is 13.8 Å². The van der Waals surface area contributed by atoms with Crippen molar-refractivity contribution in [3.05, 3.63) is 25.6 Å². The van der Waals surface area contributed by atoms with Crippen molar-refractivity contribution >= 4 is 23.4 Å². The molecule has 0 fully saturated rings. The third-order valence-electron chi connectivity index (χ3n) is 2.59. The number of aromatic nitrogens is 4. The monoisotopic (exact) mass is 254 g/mol. The van der Waals surface area contributed by atoms with Crippen LogP contribution >= 0.6 is 12.2 Å². The van der Waals surface area contributed by atoms with Gasteiger partial charge >= 0.3 is 5.69 Å². The van der Waals surface area contributed by atoms with E-state index in [9.17, 15) is 9.59 Å². The molecule has 0 aliphatic rings. The standard InChI is InChI=1S/C10H14N4O2S/c1-5(2)4-14-7-6(8(15)12-9(14)16)13(3)10(17)11-7/h5H,4H2,1-3H3,(H,11,17)(H,12,15,16). The first-order valence-corrected chi connectivity index (χ1v) is 5.74. The number of rotatable bonds is 2. The number of aryl methyl sites for hydroxylation is 1. The number of nitrogens with one attached hydrogen (secondary N) is 2. The number of hydrogen-bond donors (Lipinski definition) is 2. The molecular formula is C10H14N4O2S. The summed E-state index contributed by atoms with van der Waals surface area (Å²) in [7, 11) is 1.70. The second-order valence-electron chi connectivity index (χ2n) is 4.45. The number of fused-ring (bicyclic) bond motifs is 1. The zero-order valence-corrected chi connectivity index (χ0v) is 10.7. The highest BCUT2D eigenvalue weighted by molar-refractivity contribution is 7.71. The molecular weight excluding hydrogens is 240 g/mol. The van der Waals surface area contributed by atoms with Crippen molar-refractivity contribution < 1.29 is 0 Å². The second-order valence-corrected chi connectivity index (χ2v) is 4.84. The largest absolute Gasteiger partial charge is 0.330 e. The van der Waals surface area contributed by atoms with Gasteiger partial charge < -0.3 is 9.55 Å². The van der Waals surface area contributed by atoms with Crippen LogP contribution in [-0.4, -0.2) is 19.1 Å². The molecule has 0 saturated heterocycles. The van der Waals surface area contributed by atoms with Gasteiger partial charge in [-0.3, -0.25) is 14.3 Å². The van der Waals surface area contributed by atoms with E-state index in [1.165, 1.54) is 4.57 Å². The van der Waals surface area contributed by atoms with Crippen molar-refractivity contribution in [1.29, 1.82) is 0 Å². The van der Waals surface area contributed by atoms with Gasteiger partial charge in [-0.05, 0) is 18.1 Å². The van der Waals surface area contributed by atoms with E-state index < -0.39 is 11.2 Å². The Labute approximate surface area is 102 Å². The molecule has 2 aromatic heterocycles. The van der Waals surface area contributed by atoms with E-state index in [0.717, 1.165) is 0 Å². The number of nitrogens with zero attached hydrogens (tertiary/aromatic N) is 2. The molecule has 7 heteroatoms. The Balaban J connectivity index is 2.93. The average molecular weight is 254 g/mol. The quantitative estimate of drug-likeness (QED) is 0.776. The van der Waals surface area contributed by atoms with Gasteiger partial charge in [0, 0.05) is 13.6 Å². The zero-order valence-electron chi connectivity index (χ0n) is 9.90. The first kappa shape index (κ1) is 11.8. The lowest BCUT2D eigenvalue weighted by molar-refractivity contribution is 0.513. The Hall–Kier alpha value is -1.63. The van der Waals surface area contributed by atoms with Gasteiger partial charge in [-0.2, -0.15) is 0 Å². The van der Waals surface area contributed by atoms with E-state index in [0.29, 0.717) is 28.4 Å². The van der Waals surface area contributed by atoms with Crippen LogP contribution in [0.4, 0.5) is 0 Å². The highest BCUT2D eigenvalue weighted by Gasteiger charge is 2.12. The van der Waals surface area contributed by atoms with Crippen LogP contribution in [0.3, 0.4) is 0 Å². The summed E-state index contributed by atoms with van der Waals surface area (Å²) < 4.78 is 3.50. The van der Waals surface area contributed by atoms with E-state index in [4.69, 9.17) is 12.2 Å². The molecule has 2 N–H and O–H groups in total. The molecule has 0 aromatic carbocycles. The van der Waals surface area contributed by atoms with Crippen molar-refractivity contribution in [2.45, 2.75) is 20.4 Å². The molecule has 0 unspecified atom stereocenters. The van der Waals surface area contributed by atoms with E-state index in [-0.39, 0.29) is 0 Å². The van der Waals surface area contributed by atoms with Gasteiger partial charge in [0.1, 0.15) is 5.65 Å². The second kappa shape index (κ2) is 3.99. The minimum atomic E-state index is -0.417. The number of aromatic amines is 2. The summed E-state index contributed by atoms with van der Waals surface area (Å²) in [6, 6.07) is 0. The normalized spacial score (nSPS) is 11.5. The third kappa shape index (κ3) is 1.86. The van der Waals surface area contributed by atoms with Gasteiger partial charge in [-0.15, -0.1) is 0 Å². The van der Waals surface area contributed by atoms with Crippen molar-refractivity contribution in [3.8, 4) is 0 Å². The summed E-state index contributed by atoms with van der Waals surface area (Å²) in [5.74, 6) is 0.295. The Kier molecular flexibility index (Phi) is 2.78. The first-order valence-electron chi connectivity index (χ1n) is 5.33. The average Bonchev–Trinajstić information content (AvgIpc) is 2.50. The highest BCUT2D eigenvalue weighted by Crippen LogP contribution is 2.07. The number of imidazole rings is 1. The van der Waals surface area contributed by atoms with Crippen LogP contribution in [0.25, 0.3) is 11.2 Å². The topological polar surface area (TPSA) is 75.6 Å². The lowest BCUT2D eigenvalue weighted by atomic mass is 10.2. The lowest BCUT2D eigenvalue weighted by Crippen LogP contribution is -2.32. The summed E-state index contributed by atoms with van der Waals surface area (Å²) in [5.41, 5.74) is 0.0584. The Bertz CT molecular complexity index is 731. The minimum Gasteiger partial charge on any atom is -0.316 e. The van der Waals surface area contributed by atoms with Crippen molar-refractivity contribution in [2.75, 3.05) is 0 Å². The number of hydrogen-bond acceptors (Lipinski definition) is 3. The maximum atomic E-state index is 11.8. The van der Waals surface area contributed by atoms with Crippen molar-refractivity contribution in [1.82, 2.24) is 19.1 Å². The first-order chi connectivity index (χ1) is 7.91. The molecule has 2 rings (SSSR count). The summed E-state index contributed by atoms with van der Waals surface area (Å²) in [6.07, 6.45) is 0. The lowest BCUT2D eigenvalue weighted by Gasteiger charge is -2.08. The molecule has 0 spiro atoms. The molecule has 0 aliphatic carbocycles. The van der Waals surface area contributed by atoms with Crippen LogP contribution in [0, 0.1) is 10.7 Å². The van der Waals surface area contributed by atoms with Crippen molar-refractivity contribution in [2.24, 2.45) is 13.0 Å². The molecule has 0 atom stereocenters. The maximum absolute atomic E-state index is 11.8. The smallest absolute Gasteiger partial charge is 0.316 e. The van der Waals surface area contributed by atoms with Crippen LogP contribution in [-0.2, 0) is 13.6 Å². The fourth-order valence-electron chi connectivity index (χ4n) is 1.82. The SMILES string of the molecule is CC(C)Cn1c(=O)[nH]c(=O)c2c1[nH]c(=S)n2C. The van der Waals surface area contributed by atoms with Crippen molar-refractivity contribution in [3.63, 3.8) is 0 Å². The van der Waals surface area contributed by atoms with Gasteiger partial charge in [-0.25, -0.2) is 4.79 Å². The summed E-state index contributed by atoms with van der Waals surface area (Å²) in [6.45, 7) is 4.53. The van der Waals surface area contributed by atoms with Crippen LogP contribution in [0.15, 0.2) is 9.59 Å².